The average molecular weight is 195 g/mol. The van der Waals surface area contributed by atoms with Crippen molar-refractivity contribution < 1.29 is 4.79 Å². The molecular weight excluding hydrogens is 182 g/mol. The molecular formula is C8H13N5O. The van der Waals surface area contributed by atoms with E-state index in [1.54, 1.807) is 7.05 Å². The number of hydrogen-bond acceptors (Lipinski definition) is 5. The van der Waals surface area contributed by atoms with Crippen molar-refractivity contribution in [2.24, 2.45) is 0 Å². The van der Waals surface area contributed by atoms with Crippen LogP contribution in [0.1, 0.15) is 11.4 Å². The quantitative estimate of drug-likeness (QED) is 0.689. The Kier molecular flexibility index (Phi) is 3.47. The Bertz CT molecular complexity index is 339. The van der Waals surface area contributed by atoms with Gasteiger partial charge in [0.15, 0.2) is 0 Å². The maximum absolute atomic E-state index is 11.1. The highest BCUT2D eigenvalue weighted by Gasteiger charge is 2.04. The normalized spacial score (nSPS) is 9.93. The minimum Gasteiger partial charge on any atom is -0.311 e. The van der Waals surface area contributed by atoms with E-state index in [2.05, 4.69) is 25.8 Å². The standard InChI is InChI=1S/C8H13N5O/c1-5-6(2)12-13-8(10-5)11-7(14)4-9-3/h9H,4H2,1-3H3,(H,10,11,13,14). The van der Waals surface area contributed by atoms with E-state index < -0.39 is 0 Å². The Morgan fingerprint density at radius 1 is 1.29 bits per heavy atom. The summed E-state index contributed by atoms with van der Waals surface area (Å²) in [4.78, 5) is 15.2. The molecule has 0 bridgehead atoms. The van der Waals surface area contributed by atoms with Crippen LogP contribution in [0.4, 0.5) is 5.95 Å². The summed E-state index contributed by atoms with van der Waals surface area (Å²) in [5, 5.41) is 12.8. The van der Waals surface area contributed by atoms with Crippen molar-refractivity contribution in [2.45, 2.75) is 13.8 Å². The van der Waals surface area contributed by atoms with E-state index in [0.717, 1.165) is 11.4 Å². The number of nitrogens with one attached hydrogen (secondary N) is 2. The van der Waals surface area contributed by atoms with Gasteiger partial charge >= 0.3 is 0 Å². The van der Waals surface area contributed by atoms with Gasteiger partial charge in [-0.05, 0) is 20.9 Å². The molecule has 0 aliphatic heterocycles. The Balaban J connectivity index is 2.68. The van der Waals surface area contributed by atoms with E-state index in [4.69, 9.17) is 0 Å². The predicted octanol–water partition coefficient (Wildman–Crippen LogP) is -0.354. The fourth-order valence-electron chi connectivity index (χ4n) is 0.839. The van der Waals surface area contributed by atoms with Gasteiger partial charge in [0.05, 0.1) is 17.9 Å². The van der Waals surface area contributed by atoms with Crippen molar-refractivity contribution in [3.8, 4) is 0 Å². The first-order valence-corrected chi connectivity index (χ1v) is 4.26. The summed E-state index contributed by atoms with van der Waals surface area (Å²) < 4.78 is 0. The second-order valence-electron chi connectivity index (χ2n) is 2.88. The van der Waals surface area contributed by atoms with Gasteiger partial charge in [0.2, 0.25) is 11.9 Å². The third-order valence-electron chi connectivity index (χ3n) is 1.68. The highest BCUT2D eigenvalue weighted by Crippen LogP contribution is 2.01. The third-order valence-corrected chi connectivity index (χ3v) is 1.68. The first-order chi connectivity index (χ1) is 6.63. The smallest absolute Gasteiger partial charge is 0.249 e. The molecule has 6 heteroatoms. The molecule has 0 fully saturated rings. The highest BCUT2D eigenvalue weighted by molar-refractivity contribution is 5.90. The molecule has 0 aromatic carbocycles. The minimum absolute atomic E-state index is 0.183. The molecule has 14 heavy (non-hydrogen) atoms. The van der Waals surface area contributed by atoms with Gasteiger partial charge in [-0.3, -0.25) is 10.1 Å². The van der Waals surface area contributed by atoms with Crippen LogP contribution in [0.3, 0.4) is 0 Å². The lowest BCUT2D eigenvalue weighted by atomic mass is 10.4. The number of nitrogens with zero attached hydrogens (tertiary/aromatic N) is 3. The second-order valence-corrected chi connectivity index (χ2v) is 2.88. The van der Waals surface area contributed by atoms with Gasteiger partial charge in [-0.15, -0.1) is 5.10 Å². The van der Waals surface area contributed by atoms with Gasteiger partial charge in [-0.25, -0.2) is 4.98 Å². The molecule has 0 saturated heterocycles. The van der Waals surface area contributed by atoms with Gasteiger partial charge in [-0.2, -0.15) is 5.10 Å². The predicted molar refractivity (Wildman–Crippen MR) is 51.9 cm³/mol. The van der Waals surface area contributed by atoms with Crippen molar-refractivity contribution in [1.82, 2.24) is 20.5 Å². The molecule has 1 rings (SSSR count). The van der Waals surface area contributed by atoms with Crippen molar-refractivity contribution in [1.29, 1.82) is 0 Å². The van der Waals surface area contributed by atoms with Crippen LogP contribution in [0, 0.1) is 13.8 Å². The average Bonchev–Trinajstić information content (AvgIpc) is 2.12. The Hall–Kier alpha value is -1.56. The van der Waals surface area contributed by atoms with Crippen molar-refractivity contribution in [3.05, 3.63) is 11.4 Å². The molecule has 0 aliphatic rings. The maximum Gasteiger partial charge on any atom is 0.249 e. The van der Waals surface area contributed by atoms with Gasteiger partial charge in [0.1, 0.15) is 0 Å². The summed E-state index contributed by atoms with van der Waals surface area (Å²) in [6.07, 6.45) is 0. The summed E-state index contributed by atoms with van der Waals surface area (Å²) >= 11 is 0. The van der Waals surface area contributed by atoms with Crippen LogP contribution in [0.5, 0.6) is 0 Å². The number of hydrogen-bond donors (Lipinski definition) is 2. The summed E-state index contributed by atoms with van der Waals surface area (Å²) in [5.41, 5.74) is 1.52. The van der Waals surface area contributed by atoms with Crippen molar-refractivity contribution >= 4 is 11.9 Å². The molecule has 1 aromatic heterocycles. The SMILES string of the molecule is CNCC(=O)Nc1nnc(C)c(C)n1. The number of aromatic nitrogens is 3. The summed E-state index contributed by atoms with van der Waals surface area (Å²) in [6, 6.07) is 0. The number of likely N-dealkylation sites (N-methyl/N-ethyl adjacent to an activating group) is 1. The minimum atomic E-state index is -0.183. The first kappa shape index (κ1) is 10.5. The lowest BCUT2D eigenvalue weighted by molar-refractivity contribution is -0.115. The summed E-state index contributed by atoms with van der Waals surface area (Å²) in [6.45, 7) is 3.86. The van der Waals surface area contributed by atoms with Crippen LogP contribution < -0.4 is 10.6 Å². The van der Waals surface area contributed by atoms with Gasteiger partial charge < -0.3 is 5.32 Å². The van der Waals surface area contributed by atoms with Crippen molar-refractivity contribution in [2.75, 3.05) is 18.9 Å². The molecule has 2 N–H and O–H groups in total. The Labute approximate surface area is 82.1 Å². The van der Waals surface area contributed by atoms with Gasteiger partial charge in [-0.1, -0.05) is 0 Å². The van der Waals surface area contributed by atoms with Gasteiger partial charge in [0.25, 0.3) is 0 Å². The topological polar surface area (TPSA) is 79.8 Å². The maximum atomic E-state index is 11.1. The monoisotopic (exact) mass is 195 g/mol. The molecule has 0 aliphatic carbocycles. The van der Waals surface area contributed by atoms with E-state index in [0.29, 0.717) is 0 Å². The van der Waals surface area contributed by atoms with Crippen molar-refractivity contribution in [3.63, 3.8) is 0 Å². The number of amides is 1. The molecule has 1 amide bonds. The Morgan fingerprint density at radius 2 is 2.00 bits per heavy atom. The largest absolute Gasteiger partial charge is 0.311 e. The zero-order chi connectivity index (χ0) is 10.6. The second kappa shape index (κ2) is 4.61. The molecule has 0 radical (unpaired) electrons. The molecule has 1 aromatic rings. The molecule has 0 saturated carbocycles. The third kappa shape index (κ3) is 2.74. The zero-order valence-electron chi connectivity index (χ0n) is 8.46. The lowest BCUT2D eigenvalue weighted by Gasteiger charge is -2.03. The zero-order valence-corrected chi connectivity index (χ0v) is 8.46. The molecule has 1 heterocycles. The lowest BCUT2D eigenvalue weighted by Crippen LogP contribution is -2.26. The summed E-state index contributed by atoms with van der Waals surface area (Å²) in [5.74, 6) is 0.0610. The highest BCUT2D eigenvalue weighted by atomic mass is 16.2. The van der Waals surface area contributed by atoms with Crippen LogP contribution in [0.2, 0.25) is 0 Å². The molecule has 6 nitrogen and oxygen atoms in total. The number of carbonyl (C=O) groups excluding carboxylic acids is 1. The van der Waals surface area contributed by atoms with Crippen LogP contribution >= 0.6 is 0 Å². The van der Waals surface area contributed by atoms with Crippen LogP contribution in [0.25, 0.3) is 0 Å². The number of rotatable bonds is 3. The molecule has 76 valence electrons. The van der Waals surface area contributed by atoms with Crippen LogP contribution in [0.15, 0.2) is 0 Å². The van der Waals surface area contributed by atoms with Crippen LogP contribution in [-0.2, 0) is 4.79 Å². The molecule has 0 atom stereocenters. The fourth-order valence-corrected chi connectivity index (χ4v) is 0.839. The van der Waals surface area contributed by atoms with Gasteiger partial charge in [0, 0.05) is 0 Å². The van der Waals surface area contributed by atoms with E-state index in [9.17, 15) is 4.79 Å². The van der Waals surface area contributed by atoms with E-state index in [1.165, 1.54) is 0 Å². The van der Waals surface area contributed by atoms with E-state index >= 15 is 0 Å². The fraction of sp³-hybridized carbons (Fsp3) is 0.500. The summed E-state index contributed by atoms with van der Waals surface area (Å²) in [7, 11) is 1.69. The van der Waals surface area contributed by atoms with Crippen LogP contribution in [-0.4, -0.2) is 34.7 Å². The van der Waals surface area contributed by atoms with E-state index in [1.807, 2.05) is 13.8 Å². The number of carbonyl (C=O) groups is 1. The number of anilines is 1. The first-order valence-electron chi connectivity index (χ1n) is 4.26. The molecule has 0 spiro atoms. The Morgan fingerprint density at radius 3 is 2.57 bits per heavy atom. The number of aryl methyl sites for hydroxylation is 2. The molecule has 0 unspecified atom stereocenters. The van der Waals surface area contributed by atoms with E-state index in [-0.39, 0.29) is 18.4 Å².